The van der Waals surface area contributed by atoms with Gasteiger partial charge in [0.2, 0.25) is 0 Å². The molecule has 7 nitrogen and oxygen atoms in total. The maximum Gasteiger partial charge on any atom is 0.168 e. The van der Waals surface area contributed by atoms with E-state index >= 15 is 0 Å². The second-order valence-electron chi connectivity index (χ2n) is 4.03. The van der Waals surface area contributed by atoms with Crippen LogP contribution >= 0.6 is 0 Å². The lowest BCUT2D eigenvalue weighted by Crippen LogP contribution is -2.42. The van der Waals surface area contributed by atoms with Crippen molar-refractivity contribution in [2.75, 3.05) is 37.7 Å². The zero-order valence-corrected chi connectivity index (χ0v) is 10.7. The van der Waals surface area contributed by atoms with E-state index in [9.17, 15) is 8.42 Å². The summed E-state index contributed by atoms with van der Waals surface area (Å²) in [6.07, 6.45) is -0.437. The van der Waals surface area contributed by atoms with Crippen molar-refractivity contribution in [2.45, 2.75) is 13.0 Å². The molecule has 0 spiro atoms. The zero-order valence-electron chi connectivity index (χ0n) is 9.87. The number of rotatable bonds is 5. The highest BCUT2D eigenvalue weighted by Crippen LogP contribution is 2.03. The van der Waals surface area contributed by atoms with E-state index in [4.69, 9.17) is 15.7 Å². The molecule has 17 heavy (non-hydrogen) atoms. The summed E-state index contributed by atoms with van der Waals surface area (Å²) in [5.41, 5.74) is 5.35. The van der Waals surface area contributed by atoms with Gasteiger partial charge in [-0.2, -0.15) is 0 Å². The Kier molecular flexibility index (Phi) is 5.16. The third kappa shape index (κ3) is 4.88. The molecule has 1 saturated heterocycles. The monoisotopic (exact) mass is 265 g/mol. The van der Waals surface area contributed by atoms with Gasteiger partial charge in [0.1, 0.15) is 6.10 Å². The van der Waals surface area contributed by atoms with Crippen LogP contribution in [-0.4, -0.2) is 68.2 Å². The van der Waals surface area contributed by atoms with Crippen LogP contribution in [0.25, 0.3) is 0 Å². The van der Waals surface area contributed by atoms with E-state index in [0.29, 0.717) is 26.2 Å². The predicted molar refractivity (Wildman–Crippen MR) is 63.9 cm³/mol. The van der Waals surface area contributed by atoms with Crippen LogP contribution in [0.2, 0.25) is 0 Å². The number of hydrogen-bond acceptors (Lipinski definition) is 6. The second-order valence-corrected chi connectivity index (χ2v) is 6.33. The average molecular weight is 265 g/mol. The van der Waals surface area contributed by atoms with Gasteiger partial charge in [0.15, 0.2) is 15.7 Å². The molecule has 0 aromatic rings. The molecule has 1 atom stereocenters. The lowest BCUT2D eigenvalue weighted by molar-refractivity contribution is 0.0836. The fourth-order valence-corrected chi connectivity index (χ4v) is 2.78. The number of nitrogens with zero attached hydrogens (tertiary/aromatic N) is 2. The molecule has 1 aliphatic rings. The number of amidine groups is 1. The van der Waals surface area contributed by atoms with E-state index in [2.05, 4.69) is 5.16 Å². The molecule has 0 amide bonds. The van der Waals surface area contributed by atoms with Crippen LogP contribution in [0.4, 0.5) is 0 Å². The molecule has 0 saturated carbocycles. The smallest absolute Gasteiger partial charge is 0.168 e. The maximum absolute atomic E-state index is 11.2. The molecular formula is C9H19N3O4S. The Bertz CT molecular complexity index is 354. The van der Waals surface area contributed by atoms with E-state index in [1.807, 2.05) is 4.90 Å². The first kappa shape index (κ1) is 14.2. The van der Waals surface area contributed by atoms with E-state index in [0.717, 1.165) is 0 Å². The van der Waals surface area contributed by atoms with Crippen LogP contribution in [0.3, 0.4) is 0 Å². The Labute approximate surface area is 101 Å². The molecule has 0 aromatic heterocycles. The minimum absolute atomic E-state index is 0.0335. The number of nitrogens with two attached hydrogens (primary N) is 1. The first-order valence-electron chi connectivity index (χ1n) is 5.46. The van der Waals surface area contributed by atoms with Crippen molar-refractivity contribution < 1.29 is 18.4 Å². The van der Waals surface area contributed by atoms with Gasteiger partial charge < -0.3 is 15.7 Å². The average Bonchev–Trinajstić information content (AvgIpc) is 2.30. The van der Waals surface area contributed by atoms with Crippen molar-refractivity contribution in [3.8, 4) is 0 Å². The van der Waals surface area contributed by atoms with E-state index in [1.54, 1.807) is 6.92 Å². The van der Waals surface area contributed by atoms with Gasteiger partial charge in [-0.3, -0.25) is 4.90 Å². The number of hydrogen-bond donors (Lipinski definition) is 2. The number of sulfone groups is 1. The zero-order chi connectivity index (χ0) is 12.9. The van der Waals surface area contributed by atoms with Crippen molar-refractivity contribution in [1.82, 2.24) is 4.90 Å². The van der Waals surface area contributed by atoms with Gasteiger partial charge in [0.25, 0.3) is 0 Å². The van der Waals surface area contributed by atoms with Crippen LogP contribution in [0.15, 0.2) is 5.16 Å². The van der Waals surface area contributed by atoms with E-state index in [-0.39, 0.29) is 17.3 Å². The van der Waals surface area contributed by atoms with Gasteiger partial charge in [-0.25, -0.2) is 8.42 Å². The molecule has 0 aliphatic carbocycles. The minimum Gasteiger partial charge on any atom is -0.409 e. The molecule has 1 unspecified atom stereocenters. The normalized spacial score (nSPS) is 23.5. The third-order valence-corrected chi connectivity index (χ3v) is 4.35. The van der Waals surface area contributed by atoms with Gasteiger partial charge in [-0.15, -0.1) is 0 Å². The molecule has 1 rings (SSSR count). The highest BCUT2D eigenvalue weighted by molar-refractivity contribution is 7.91. The van der Waals surface area contributed by atoms with E-state index in [1.165, 1.54) is 0 Å². The molecule has 0 radical (unpaired) electrons. The molecule has 0 aromatic carbocycles. The van der Waals surface area contributed by atoms with Crippen molar-refractivity contribution in [3.05, 3.63) is 0 Å². The van der Waals surface area contributed by atoms with Crippen LogP contribution < -0.4 is 5.73 Å². The topological polar surface area (TPSA) is 105 Å². The Morgan fingerprint density at radius 3 is 2.65 bits per heavy atom. The Hall–Kier alpha value is -0.860. The SMILES string of the molecule is CC(OCCN1CCS(=O)(=O)CC1)C(N)=NO. The number of oxime groups is 1. The fraction of sp³-hybridized carbons (Fsp3) is 0.889. The maximum atomic E-state index is 11.2. The van der Waals surface area contributed by atoms with Crippen molar-refractivity contribution in [2.24, 2.45) is 10.9 Å². The fourth-order valence-electron chi connectivity index (χ4n) is 1.50. The van der Waals surface area contributed by atoms with Crippen LogP contribution in [-0.2, 0) is 14.6 Å². The highest BCUT2D eigenvalue weighted by atomic mass is 32.2. The predicted octanol–water partition coefficient (Wildman–Crippen LogP) is -1.13. The largest absolute Gasteiger partial charge is 0.409 e. The third-order valence-electron chi connectivity index (χ3n) is 2.74. The lowest BCUT2D eigenvalue weighted by Gasteiger charge is -2.26. The quantitative estimate of drug-likeness (QED) is 0.282. The Morgan fingerprint density at radius 1 is 1.53 bits per heavy atom. The summed E-state index contributed by atoms with van der Waals surface area (Å²) in [5.74, 6) is 0.456. The molecule has 0 bridgehead atoms. The summed E-state index contributed by atoms with van der Waals surface area (Å²) in [6, 6.07) is 0. The summed E-state index contributed by atoms with van der Waals surface area (Å²) in [7, 11) is -2.83. The standard InChI is InChI=1S/C9H19N3O4S/c1-8(9(10)11-13)16-5-2-12-3-6-17(14,15)7-4-12/h8,13H,2-7H2,1H3,(H2,10,11). The van der Waals surface area contributed by atoms with Crippen molar-refractivity contribution in [1.29, 1.82) is 0 Å². The minimum atomic E-state index is -2.83. The first-order valence-corrected chi connectivity index (χ1v) is 7.28. The molecule has 3 N–H and O–H groups in total. The summed E-state index contributed by atoms with van der Waals surface area (Å²) >= 11 is 0. The Balaban J connectivity index is 2.20. The summed E-state index contributed by atoms with van der Waals surface area (Å²) < 4.78 is 27.7. The molecule has 1 heterocycles. The van der Waals surface area contributed by atoms with Crippen LogP contribution in [0.5, 0.6) is 0 Å². The highest BCUT2D eigenvalue weighted by Gasteiger charge is 2.21. The second kappa shape index (κ2) is 6.18. The lowest BCUT2D eigenvalue weighted by atomic mass is 10.4. The molecule has 1 aliphatic heterocycles. The summed E-state index contributed by atoms with van der Waals surface area (Å²) in [4.78, 5) is 2.03. The van der Waals surface area contributed by atoms with Gasteiger partial charge >= 0.3 is 0 Å². The van der Waals surface area contributed by atoms with Crippen molar-refractivity contribution >= 4 is 15.7 Å². The van der Waals surface area contributed by atoms with Gasteiger partial charge in [-0.05, 0) is 6.92 Å². The first-order chi connectivity index (χ1) is 7.94. The number of ether oxygens (including phenoxy) is 1. The van der Waals surface area contributed by atoms with Crippen LogP contribution in [0, 0.1) is 0 Å². The van der Waals surface area contributed by atoms with Gasteiger partial charge in [-0.1, -0.05) is 5.16 Å². The molecular weight excluding hydrogens is 246 g/mol. The summed E-state index contributed by atoms with van der Waals surface area (Å²) in [5, 5.41) is 11.3. The molecule has 8 heteroatoms. The van der Waals surface area contributed by atoms with Gasteiger partial charge in [0, 0.05) is 19.6 Å². The summed E-state index contributed by atoms with van der Waals surface area (Å²) in [6.45, 7) is 3.86. The van der Waals surface area contributed by atoms with E-state index < -0.39 is 15.9 Å². The Morgan fingerprint density at radius 2 is 2.12 bits per heavy atom. The van der Waals surface area contributed by atoms with Crippen molar-refractivity contribution in [3.63, 3.8) is 0 Å². The van der Waals surface area contributed by atoms with Gasteiger partial charge in [0.05, 0.1) is 18.1 Å². The van der Waals surface area contributed by atoms with Crippen LogP contribution in [0.1, 0.15) is 6.92 Å². The molecule has 1 fully saturated rings. The molecule has 100 valence electrons.